The van der Waals surface area contributed by atoms with Crippen LogP contribution < -0.4 is 0 Å². The summed E-state index contributed by atoms with van der Waals surface area (Å²) in [4.78, 5) is 36.3. The highest BCUT2D eigenvalue weighted by molar-refractivity contribution is 5.94. The van der Waals surface area contributed by atoms with Crippen LogP contribution in [0.1, 0.15) is 26.7 Å². The lowest BCUT2D eigenvalue weighted by Crippen LogP contribution is -2.28. The first kappa shape index (κ1) is 18.4. The summed E-state index contributed by atoms with van der Waals surface area (Å²) in [5.74, 6) is -2.44. The molecule has 0 aromatic carbocycles. The van der Waals surface area contributed by atoms with Crippen LogP contribution in [0.5, 0.6) is 0 Å². The molecule has 0 saturated carbocycles. The Morgan fingerprint density at radius 1 is 1.27 bits per heavy atom. The quantitative estimate of drug-likeness (QED) is 0.349. The second-order valence-corrected chi connectivity index (χ2v) is 7.01. The molecule has 4 atom stereocenters. The van der Waals surface area contributed by atoms with Gasteiger partial charge in [0.25, 0.3) is 0 Å². The summed E-state index contributed by atoms with van der Waals surface area (Å²) in [5.41, 5.74) is 1.12. The Balaban J connectivity index is 1.97. The summed E-state index contributed by atoms with van der Waals surface area (Å²) < 4.78 is 16.2. The summed E-state index contributed by atoms with van der Waals surface area (Å²) in [5, 5.41) is 9.63. The van der Waals surface area contributed by atoms with Crippen LogP contribution in [0.2, 0.25) is 0 Å². The smallest absolute Gasteiger partial charge is 0.338 e. The Kier molecular flexibility index (Phi) is 5.00. The van der Waals surface area contributed by atoms with E-state index < -0.39 is 42.1 Å². The van der Waals surface area contributed by atoms with Gasteiger partial charge in [0.15, 0.2) is 0 Å². The van der Waals surface area contributed by atoms with E-state index in [0.717, 1.165) is 0 Å². The minimum atomic E-state index is -0.764. The van der Waals surface area contributed by atoms with Crippen LogP contribution in [0.4, 0.5) is 0 Å². The van der Waals surface area contributed by atoms with Crippen molar-refractivity contribution in [2.45, 2.75) is 45.0 Å². The van der Waals surface area contributed by atoms with Crippen LogP contribution in [-0.2, 0) is 28.6 Å². The number of aliphatic hydroxyl groups excluding tert-OH is 1. The van der Waals surface area contributed by atoms with Crippen LogP contribution in [0, 0.1) is 11.8 Å². The highest BCUT2D eigenvalue weighted by atomic mass is 16.6. The lowest BCUT2D eigenvalue weighted by atomic mass is 9.87. The van der Waals surface area contributed by atoms with Gasteiger partial charge in [0.2, 0.25) is 0 Å². The maximum absolute atomic E-state index is 12.4. The van der Waals surface area contributed by atoms with Gasteiger partial charge in [0, 0.05) is 5.57 Å². The Morgan fingerprint density at radius 2 is 1.92 bits per heavy atom. The van der Waals surface area contributed by atoms with E-state index in [4.69, 9.17) is 14.2 Å². The number of fused-ring (bicyclic) bond motifs is 3. The molecule has 26 heavy (non-hydrogen) atoms. The fourth-order valence-corrected chi connectivity index (χ4v) is 3.33. The van der Waals surface area contributed by atoms with Crippen molar-refractivity contribution < 1.29 is 33.7 Å². The fraction of sp³-hybridized carbons (Fsp3) is 0.526. The second kappa shape index (κ2) is 7.07. The predicted molar refractivity (Wildman–Crippen MR) is 89.6 cm³/mol. The monoisotopic (exact) mass is 362 g/mol. The van der Waals surface area contributed by atoms with Crippen molar-refractivity contribution in [3.05, 3.63) is 35.5 Å². The van der Waals surface area contributed by atoms with Crippen molar-refractivity contribution in [2.75, 3.05) is 6.61 Å². The number of esters is 3. The first-order valence-corrected chi connectivity index (χ1v) is 8.65. The Labute approximate surface area is 151 Å². The zero-order chi connectivity index (χ0) is 19.0. The van der Waals surface area contributed by atoms with Crippen molar-refractivity contribution in [1.82, 2.24) is 0 Å². The van der Waals surface area contributed by atoms with Crippen LogP contribution >= 0.6 is 0 Å². The maximum Gasteiger partial charge on any atom is 0.338 e. The first-order valence-electron chi connectivity index (χ1n) is 8.65. The number of hydrogen-bond donors (Lipinski definition) is 1. The van der Waals surface area contributed by atoms with Crippen LogP contribution in [0.3, 0.4) is 0 Å². The molecule has 3 rings (SSSR count). The third-order valence-corrected chi connectivity index (χ3v) is 4.85. The molecule has 0 spiro atoms. The number of hydrogen-bond acceptors (Lipinski definition) is 7. The molecular formula is C19H22O7. The normalized spacial score (nSPS) is 31.0. The fourth-order valence-electron chi connectivity index (χ4n) is 3.33. The van der Waals surface area contributed by atoms with E-state index in [1.54, 1.807) is 26.0 Å². The molecule has 1 N–H and O–H groups in total. The maximum atomic E-state index is 12.4. The van der Waals surface area contributed by atoms with Crippen LogP contribution in [0.15, 0.2) is 35.5 Å². The summed E-state index contributed by atoms with van der Waals surface area (Å²) in [6.07, 6.45) is 1.84. The molecule has 0 aromatic rings. The van der Waals surface area contributed by atoms with Crippen molar-refractivity contribution in [3.8, 4) is 0 Å². The van der Waals surface area contributed by atoms with E-state index in [0.29, 0.717) is 18.4 Å². The van der Waals surface area contributed by atoms with Crippen LogP contribution in [-0.4, -0.2) is 47.9 Å². The van der Waals surface area contributed by atoms with Crippen molar-refractivity contribution in [1.29, 1.82) is 0 Å². The topological polar surface area (TPSA) is 99.1 Å². The number of aliphatic hydroxyl groups is 1. The summed E-state index contributed by atoms with van der Waals surface area (Å²) in [6.45, 7) is 6.95. The van der Waals surface area contributed by atoms with E-state index in [2.05, 4.69) is 6.58 Å². The van der Waals surface area contributed by atoms with Crippen molar-refractivity contribution >= 4 is 17.9 Å². The summed E-state index contributed by atoms with van der Waals surface area (Å²) >= 11 is 0. The number of ether oxygens (including phenoxy) is 3. The lowest BCUT2D eigenvalue weighted by Gasteiger charge is -2.22. The van der Waals surface area contributed by atoms with E-state index >= 15 is 0 Å². The van der Waals surface area contributed by atoms with Gasteiger partial charge in [-0.25, -0.2) is 9.59 Å². The van der Waals surface area contributed by atoms with Gasteiger partial charge >= 0.3 is 17.9 Å². The molecule has 2 bridgehead atoms. The molecule has 0 aromatic heterocycles. The molecule has 140 valence electrons. The molecule has 1 fully saturated rings. The Morgan fingerprint density at radius 3 is 2.58 bits per heavy atom. The summed E-state index contributed by atoms with van der Waals surface area (Å²) in [6, 6.07) is 0. The minimum absolute atomic E-state index is 0.218. The largest absolute Gasteiger partial charge is 0.457 e. The summed E-state index contributed by atoms with van der Waals surface area (Å²) in [7, 11) is 0. The second-order valence-electron chi connectivity index (χ2n) is 7.01. The Bertz CT molecular complexity index is 715. The van der Waals surface area contributed by atoms with Gasteiger partial charge in [-0.15, -0.1) is 0 Å². The molecule has 1 saturated heterocycles. The highest BCUT2D eigenvalue weighted by Gasteiger charge is 2.47. The minimum Gasteiger partial charge on any atom is -0.457 e. The zero-order valence-corrected chi connectivity index (χ0v) is 14.8. The van der Waals surface area contributed by atoms with Crippen molar-refractivity contribution in [2.24, 2.45) is 11.8 Å². The Hall–Kier alpha value is -2.41. The molecule has 4 unspecified atom stereocenters. The van der Waals surface area contributed by atoms with Gasteiger partial charge in [0.1, 0.15) is 18.3 Å². The molecule has 0 amide bonds. The standard InChI is InChI=1S/C19H22O7/c1-9(2)17(21)24-13-5-4-11(8-20)6-14-16(10(3)18(22)25-14)15-7-12(13)19(23)26-15/h6-7,9,13-16,20H,3-5,8H2,1-2H3. The van der Waals surface area contributed by atoms with Gasteiger partial charge in [-0.05, 0) is 30.6 Å². The molecular weight excluding hydrogens is 340 g/mol. The predicted octanol–water partition coefficient (Wildman–Crippen LogP) is 1.22. The average molecular weight is 362 g/mol. The third kappa shape index (κ3) is 3.31. The van der Waals surface area contributed by atoms with Gasteiger partial charge < -0.3 is 19.3 Å². The molecule has 2 heterocycles. The van der Waals surface area contributed by atoms with E-state index in [-0.39, 0.29) is 23.7 Å². The van der Waals surface area contributed by atoms with Gasteiger partial charge in [-0.2, -0.15) is 0 Å². The number of carbonyl (C=O) groups excluding carboxylic acids is 3. The van der Waals surface area contributed by atoms with E-state index in [1.807, 2.05) is 0 Å². The average Bonchev–Trinajstić information content (AvgIpc) is 3.09. The van der Waals surface area contributed by atoms with E-state index in [1.165, 1.54) is 0 Å². The van der Waals surface area contributed by atoms with Crippen LogP contribution in [0.25, 0.3) is 0 Å². The van der Waals surface area contributed by atoms with Gasteiger partial charge in [-0.1, -0.05) is 20.4 Å². The molecule has 3 aliphatic rings. The van der Waals surface area contributed by atoms with Gasteiger partial charge in [-0.3, -0.25) is 4.79 Å². The zero-order valence-electron chi connectivity index (χ0n) is 14.8. The molecule has 7 nitrogen and oxygen atoms in total. The molecule has 2 aliphatic heterocycles. The molecule has 1 aliphatic carbocycles. The SMILES string of the molecule is C=C1C(=O)OC2C=C(CO)CCC(OC(=O)C(C)C)C3=CC(OC3=O)C12. The van der Waals surface area contributed by atoms with Gasteiger partial charge in [0.05, 0.1) is 24.0 Å². The van der Waals surface area contributed by atoms with Crippen molar-refractivity contribution in [3.63, 3.8) is 0 Å². The highest BCUT2D eigenvalue weighted by Crippen LogP contribution is 2.38. The number of carbonyl (C=O) groups is 3. The van der Waals surface area contributed by atoms with E-state index in [9.17, 15) is 19.5 Å². The first-order chi connectivity index (χ1) is 12.3. The lowest BCUT2D eigenvalue weighted by molar-refractivity contribution is -0.153. The molecule has 7 heteroatoms. The number of rotatable bonds is 3. The third-order valence-electron chi connectivity index (χ3n) is 4.85. The molecule has 0 radical (unpaired) electrons.